The molecule has 4 heteroatoms. The van der Waals surface area contributed by atoms with E-state index in [0.29, 0.717) is 0 Å². The van der Waals surface area contributed by atoms with E-state index in [0.717, 1.165) is 25.7 Å². The summed E-state index contributed by atoms with van der Waals surface area (Å²) >= 11 is 0. The number of nitrogens with one attached hydrogen (secondary N) is 1. The van der Waals surface area contributed by atoms with Crippen LogP contribution in [0, 0.1) is 5.92 Å². The van der Waals surface area contributed by atoms with Crippen LogP contribution in [-0.4, -0.2) is 28.4 Å². The van der Waals surface area contributed by atoms with Gasteiger partial charge in [-0.1, -0.05) is 0 Å². The number of ketones is 1. The summed E-state index contributed by atoms with van der Waals surface area (Å²) in [5.41, 5.74) is -1.32. The molecule has 1 saturated carbocycles. The number of rotatable bonds is 3. The third-order valence-corrected chi connectivity index (χ3v) is 3.19. The third kappa shape index (κ3) is 3.59. The minimum atomic E-state index is -1.32. The fourth-order valence-corrected chi connectivity index (χ4v) is 2.01. The lowest BCUT2D eigenvalue weighted by atomic mass is 9.84. The Balaban J connectivity index is 2.38. The van der Waals surface area contributed by atoms with Gasteiger partial charge in [0.25, 0.3) is 5.91 Å². The van der Waals surface area contributed by atoms with Gasteiger partial charge < -0.3 is 10.4 Å². The molecule has 0 heterocycles. The molecule has 0 atom stereocenters. The van der Waals surface area contributed by atoms with Gasteiger partial charge in [-0.25, -0.2) is 0 Å². The molecular weight excluding hydrogens is 206 g/mol. The first-order valence-electron chi connectivity index (χ1n) is 5.84. The van der Waals surface area contributed by atoms with Crippen LogP contribution in [0.1, 0.15) is 46.5 Å². The monoisotopic (exact) mass is 227 g/mol. The molecule has 2 N–H and O–H groups in total. The molecule has 1 aliphatic rings. The molecule has 0 aromatic heterocycles. The summed E-state index contributed by atoms with van der Waals surface area (Å²) in [6, 6.07) is 0.106. The van der Waals surface area contributed by atoms with Gasteiger partial charge in [-0.05, 0) is 46.5 Å². The molecule has 0 aromatic rings. The van der Waals surface area contributed by atoms with E-state index in [2.05, 4.69) is 5.32 Å². The molecule has 92 valence electrons. The van der Waals surface area contributed by atoms with Gasteiger partial charge in [0.15, 0.2) is 0 Å². The number of hydrogen-bond acceptors (Lipinski definition) is 3. The van der Waals surface area contributed by atoms with E-state index in [1.165, 1.54) is 13.8 Å². The molecule has 0 aliphatic heterocycles. The Morgan fingerprint density at radius 2 is 1.69 bits per heavy atom. The number of carbonyl (C=O) groups is 2. The molecule has 0 radical (unpaired) electrons. The summed E-state index contributed by atoms with van der Waals surface area (Å²) in [5.74, 6) is 0.0707. The molecule has 4 nitrogen and oxygen atoms in total. The zero-order chi connectivity index (χ0) is 12.3. The maximum absolute atomic E-state index is 11.5. The standard InChI is InChI=1S/C12H21NO3/c1-8(14)9-4-6-10(7-5-9)13-11(15)12(2,3)16/h9-10,16H,4-7H2,1-3H3,(H,13,15). The Labute approximate surface area is 96.4 Å². The summed E-state index contributed by atoms with van der Waals surface area (Å²) < 4.78 is 0. The summed E-state index contributed by atoms with van der Waals surface area (Å²) in [4.78, 5) is 22.7. The zero-order valence-electron chi connectivity index (χ0n) is 10.2. The Morgan fingerprint density at radius 1 is 1.19 bits per heavy atom. The van der Waals surface area contributed by atoms with E-state index in [1.807, 2.05) is 0 Å². The molecule has 0 unspecified atom stereocenters. The van der Waals surface area contributed by atoms with Gasteiger partial charge in [-0.15, -0.1) is 0 Å². The average Bonchev–Trinajstić information content (AvgIpc) is 2.17. The van der Waals surface area contributed by atoms with Gasteiger partial charge in [-0.2, -0.15) is 0 Å². The fraction of sp³-hybridized carbons (Fsp3) is 0.833. The van der Waals surface area contributed by atoms with Crippen molar-refractivity contribution in [3.63, 3.8) is 0 Å². The molecule has 1 amide bonds. The maximum atomic E-state index is 11.5. The van der Waals surface area contributed by atoms with Crippen LogP contribution < -0.4 is 5.32 Å². The van der Waals surface area contributed by atoms with Crippen LogP contribution in [-0.2, 0) is 9.59 Å². The minimum absolute atomic E-state index is 0.106. The van der Waals surface area contributed by atoms with E-state index in [9.17, 15) is 14.7 Å². The maximum Gasteiger partial charge on any atom is 0.251 e. The molecule has 0 bridgehead atoms. The summed E-state index contributed by atoms with van der Waals surface area (Å²) in [7, 11) is 0. The predicted octanol–water partition coefficient (Wildman–Crippen LogP) is 1.02. The number of aliphatic hydroxyl groups is 1. The van der Waals surface area contributed by atoms with Crippen LogP contribution in [0.15, 0.2) is 0 Å². The second-order valence-electron chi connectivity index (χ2n) is 5.19. The van der Waals surface area contributed by atoms with E-state index in [1.54, 1.807) is 6.92 Å². The van der Waals surface area contributed by atoms with Gasteiger partial charge >= 0.3 is 0 Å². The highest BCUT2D eigenvalue weighted by molar-refractivity contribution is 5.84. The molecule has 1 fully saturated rings. The van der Waals surface area contributed by atoms with E-state index >= 15 is 0 Å². The molecule has 0 aromatic carbocycles. The highest BCUT2D eigenvalue weighted by Crippen LogP contribution is 2.25. The van der Waals surface area contributed by atoms with E-state index < -0.39 is 5.60 Å². The molecule has 0 saturated heterocycles. The second kappa shape index (κ2) is 4.95. The SMILES string of the molecule is CC(=O)C1CCC(NC(=O)C(C)(C)O)CC1. The van der Waals surface area contributed by atoms with Crippen molar-refractivity contribution in [1.29, 1.82) is 0 Å². The second-order valence-corrected chi connectivity index (χ2v) is 5.19. The van der Waals surface area contributed by atoms with Crippen LogP contribution in [0.4, 0.5) is 0 Å². The summed E-state index contributed by atoms with van der Waals surface area (Å²) in [6.07, 6.45) is 3.33. The Bertz CT molecular complexity index is 272. The first kappa shape index (κ1) is 13.2. The van der Waals surface area contributed by atoms with Crippen molar-refractivity contribution in [2.45, 2.75) is 58.1 Å². The highest BCUT2D eigenvalue weighted by Gasteiger charge is 2.29. The lowest BCUT2D eigenvalue weighted by molar-refractivity contribution is -0.137. The van der Waals surface area contributed by atoms with E-state index in [4.69, 9.17) is 0 Å². The van der Waals surface area contributed by atoms with Crippen molar-refractivity contribution in [2.75, 3.05) is 0 Å². The number of hydrogen-bond donors (Lipinski definition) is 2. The van der Waals surface area contributed by atoms with Crippen LogP contribution in [0.5, 0.6) is 0 Å². The predicted molar refractivity (Wildman–Crippen MR) is 60.9 cm³/mol. The normalized spacial score (nSPS) is 26.2. The Morgan fingerprint density at radius 3 is 2.06 bits per heavy atom. The lowest BCUT2D eigenvalue weighted by Gasteiger charge is -2.29. The van der Waals surface area contributed by atoms with Crippen LogP contribution in [0.2, 0.25) is 0 Å². The third-order valence-electron chi connectivity index (χ3n) is 3.19. The van der Waals surface area contributed by atoms with E-state index in [-0.39, 0.29) is 23.7 Å². The number of carbonyl (C=O) groups excluding carboxylic acids is 2. The van der Waals surface area contributed by atoms with Gasteiger partial charge in [0.05, 0.1) is 0 Å². The molecular formula is C12H21NO3. The van der Waals surface area contributed by atoms with Crippen molar-refractivity contribution in [2.24, 2.45) is 5.92 Å². The first-order chi connectivity index (χ1) is 7.30. The highest BCUT2D eigenvalue weighted by atomic mass is 16.3. The van der Waals surface area contributed by atoms with Crippen LogP contribution in [0.3, 0.4) is 0 Å². The first-order valence-corrected chi connectivity index (χ1v) is 5.84. The van der Waals surface area contributed by atoms with Crippen molar-refractivity contribution in [1.82, 2.24) is 5.32 Å². The van der Waals surface area contributed by atoms with Crippen molar-refractivity contribution < 1.29 is 14.7 Å². The Kier molecular flexibility index (Phi) is 4.08. The molecule has 0 spiro atoms. The molecule has 1 aliphatic carbocycles. The minimum Gasteiger partial charge on any atom is -0.381 e. The van der Waals surface area contributed by atoms with Crippen molar-refractivity contribution in [3.05, 3.63) is 0 Å². The Hall–Kier alpha value is -0.900. The van der Waals surface area contributed by atoms with Crippen LogP contribution in [0.25, 0.3) is 0 Å². The fourth-order valence-electron chi connectivity index (χ4n) is 2.01. The average molecular weight is 227 g/mol. The largest absolute Gasteiger partial charge is 0.381 e. The number of Topliss-reactive ketones (excluding diaryl/α,β-unsaturated/α-hetero) is 1. The zero-order valence-corrected chi connectivity index (χ0v) is 10.2. The molecule has 1 rings (SSSR count). The van der Waals surface area contributed by atoms with Crippen molar-refractivity contribution >= 4 is 11.7 Å². The summed E-state index contributed by atoms with van der Waals surface area (Å²) in [6.45, 7) is 4.58. The van der Waals surface area contributed by atoms with Crippen molar-refractivity contribution in [3.8, 4) is 0 Å². The van der Waals surface area contributed by atoms with Gasteiger partial charge in [0, 0.05) is 12.0 Å². The quantitative estimate of drug-likeness (QED) is 0.756. The topological polar surface area (TPSA) is 66.4 Å². The van der Waals surface area contributed by atoms with Gasteiger partial charge in [-0.3, -0.25) is 9.59 Å². The van der Waals surface area contributed by atoms with Gasteiger partial charge in [0.2, 0.25) is 0 Å². The molecule has 16 heavy (non-hydrogen) atoms. The summed E-state index contributed by atoms with van der Waals surface area (Å²) in [5, 5.41) is 12.3. The lowest BCUT2D eigenvalue weighted by Crippen LogP contribution is -2.47. The number of amides is 1. The van der Waals surface area contributed by atoms with Gasteiger partial charge in [0.1, 0.15) is 11.4 Å². The van der Waals surface area contributed by atoms with Crippen LogP contribution >= 0.6 is 0 Å². The smallest absolute Gasteiger partial charge is 0.251 e.